The van der Waals surface area contributed by atoms with Crippen LogP contribution in [0.25, 0.3) is 6.08 Å². The largest absolute Gasteiger partial charge is 0.355 e. The number of carbonyl (C=O) groups is 2. The van der Waals surface area contributed by atoms with E-state index in [-0.39, 0.29) is 18.4 Å². The summed E-state index contributed by atoms with van der Waals surface area (Å²) in [5, 5.41) is 3.02. The van der Waals surface area contributed by atoms with Gasteiger partial charge in [-0.1, -0.05) is 84.1 Å². The number of para-hydroxylation sites is 1. The average molecular weight is 514 g/mol. The molecule has 6 heteroatoms. The molecule has 0 unspecified atom stereocenters. The van der Waals surface area contributed by atoms with Gasteiger partial charge in [-0.3, -0.25) is 19.4 Å². The first-order chi connectivity index (χ1) is 17.9. The molecule has 0 aromatic heterocycles. The number of rotatable bonds is 10. The molecule has 4 rings (SSSR count). The zero-order valence-corrected chi connectivity index (χ0v) is 22.6. The van der Waals surface area contributed by atoms with Crippen LogP contribution in [-0.2, 0) is 16.1 Å². The SMILES string of the molecule is Cc1ccc(C=C2Sc3ccccc3N(CC(=O)NCCCN(Cc3ccccc3)C(C)C)C2=O)cc1. The van der Waals surface area contributed by atoms with Gasteiger partial charge in [-0.2, -0.15) is 0 Å². The molecule has 0 atom stereocenters. The zero-order chi connectivity index (χ0) is 26.2. The van der Waals surface area contributed by atoms with E-state index in [2.05, 4.69) is 48.3 Å². The highest BCUT2D eigenvalue weighted by Gasteiger charge is 2.30. The summed E-state index contributed by atoms with van der Waals surface area (Å²) in [5.41, 5.74) is 4.21. The molecule has 1 heterocycles. The van der Waals surface area contributed by atoms with Crippen LogP contribution in [0.2, 0.25) is 0 Å². The molecule has 2 amide bonds. The van der Waals surface area contributed by atoms with Crippen LogP contribution in [0.4, 0.5) is 5.69 Å². The zero-order valence-electron chi connectivity index (χ0n) is 21.8. The second-order valence-electron chi connectivity index (χ2n) is 9.63. The number of nitrogens with zero attached hydrogens (tertiary/aromatic N) is 2. The van der Waals surface area contributed by atoms with Crippen LogP contribution in [0, 0.1) is 6.92 Å². The predicted molar refractivity (Wildman–Crippen MR) is 153 cm³/mol. The number of thioether (sulfide) groups is 1. The van der Waals surface area contributed by atoms with Crippen molar-refractivity contribution in [3.63, 3.8) is 0 Å². The third kappa shape index (κ3) is 7.34. The van der Waals surface area contributed by atoms with Gasteiger partial charge in [-0.25, -0.2) is 0 Å². The molecule has 3 aromatic carbocycles. The smallest absolute Gasteiger partial charge is 0.265 e. The molecule has 0 spiro atoms. The summed E-state index contributed by atoms with van der Waals surface area (Å²) >= 11 is 1.46. The van der Waals surface area contributed by atoms with Crippen LogP contribution >= 0.6 is 11.8 Å². The van der Waals surface area contributed by atoms with Gasteiger partial charge in [0.2, 0.25) is 5.91 Å². The highest BCUT2D eigenvalue weighted by molar-refractivity contribution is 8.04. The Morgan fingerprint density at radius 2 is 1.70 bits per heavy atom. The van der Waals surface area contributed by atoms with Crippen molar-refractivity contribution in [3.8, 4) is 0 Å². The Balaban J connectivity index is 1.36. The Kier molecular flexibility index (Phi) is 9.20. The van der Waals surface area contributed by atoms with E-state index in [1.165, 1.54) is 22.9 Å². The first-order valence-corrected chi connectivity index (χ1v) is 13.6. The molecule has 0 aliphatic carbocycles. The fraction of sp³-hybridized carbons (Fsp3) is 0.290. The average Bonchev–Trinajstić information content (AvgIpc) is 2.90. The van der Waals surface area contributed by atoms with Crippen LogP contribution in [0.5, 0.6) is 0 Å². The molecular weight excluding hydrogens is 478 g/mol. The fourth-order valence-electron chi connectivity index (χ4n) is 4.28. The van der Waals surface area contributed by atoms with E-state index in [0.717, 1.165) is 35.7 Å². The summed E-state index contributed by atoms with van der Waals surface area (Å²) in [6, 6.07) is 26.7. The van der Waals surface area contributed by atoms with Crippen LogP contribution in [-0.4, -0.2) is 42.4 Å². The number of hydrogen-bond donors (Lipinski definition) is 1. The Hall–Kier alpha value is -3.35. The lowest BCUT2D eigenvalue weighted by Crippen LogP contribution is -2.43. The topological polar surface area (TPSA) is 52.7 Å². The van der Waals surface area contributed by atoms with E-state index in [4.69, 9.17) is 0 Å². The van der Waals surface area contributed by atoms with Crippen molar-refractivity contribution in [3.05, 3.63) is 100 Å². The maximum absolute atomic E-state index is 13.4. The summed E-state index contributed by atoms with van der Waals surface area (Å²) < 4.78 is 0. The van der Waals surface area contributed by atoms with Gasteiger partial charge in [-0.05, 0) is 56.5 Å². The van der Waals surface area contributed by atoms with Crippen molar-refractivity contribution in [2.24, 2.45) is 0 Å². The number of anilines is 1. The Morgan fingerprint density at radius 1 is 1.00 bits per heavy atom. The maximum atomic E-state index is 13.4. The quantitative estimate of drug-likeness (QED) is 0.271. The molecule has 0 radical (unpaired) electrons. The second kappa shape index (κ2) is 12.7. The fourth-order valence-corrected chi connectivity index (χ4v) is 5.34. The Labute approximate surface area is 224 Å². The highest BCUT2D eigenvalue weighted by Crippen LogP contribution is 2.41. The van der Waals surface area contributed by atoms with Crippen LogP contribution in [0.1, 0.15) is 37.0 Å². The predicted octanol–water partition coefficient (Wildman–Crippen LogP) is 5.89. The minimum atomic E-state index is -0.149. The van der Waals surface area contributed by atoms with Crippen molar-refractivity contribution in [2.45, 2.75) is 44.7 Å². The number of nitrogens with one attached hydrogen (secondary N) is 1. The molecule has 1 N–H and O–H groups in total. The third-order valence-corrected chi connectivity index (χ3v) is 7.49. The van der Waals surface area contributed by atoms with Crippen LogP contribution in [0.15, 0.2) is 88.7 Å². The lowest BCUT2D eigenvalue weighted by Gasteiger charge is -2.30. The van der Waals surface area contributed by atoms with E-state index < -0.39 is 0 Å². The number of amides is 2. The third-order valence-electron chi connectivity index (χ3n) is 6.41. The van der Waals surface area contributed by atoms with E-state index >= 15 is 0 Å². The molecular formula is C31H35N3O2S. The van der Waals surface area contributed by atoms with E-state index in [0.29, 0.717) is 17.5 Å². The van der Waals surface area contributed by atoms with Gasteiger partial charge in [-0.15, -0.1) is 0 Å². The Bertz CT molecular complexity index is 1240. The van der Waals surface area contributed by atoms with Gasteiger partial charge >= 0.3 is 0 Å². The number of carbonyl (C=O) groups excluding carboxylic acids is 2. The molecule has 37 heavy (non-hydrogen) atoms. The van der Waals surface area contributed by atoms with Gasteiger partial charge in [0.1, 0.15) is 6.54 Å². The summed E-state index contributed by atoms with van der Waals surface area (Å²) in [5.74, 6) is -0.294. The highest BCUT2D eigenvalue weighted by atomic mass is 32.2. The molecule has 0 fully saturated rings. The van der Waals surface area contributed by atoms with Crippen LogP contribution in [0.3, 0.4) is 0 Å². The van der Waals surface area contributed by atoms with E-state index in [9.17, 15) is 9.59 Å². The summed E-state index contributed by atoms with van der Waals surface area (Å²) in [6.45, 7) is 8.78. The normalized spacial score (nSPS) is 14.4. The first-order valence-electron chi connectivity index (χ1n) is 12.8. The van der Waals surface area contributed by atoms with Crippen molar-refractivity contribution in [1.29, 1.82) is 0 Å². The van der Waals surface area contributed by atoms with Gasteiger partial charge in [0.15, 0.2) is 0 Å². The number of fused-ring (bicyclic) bond motifs is 1. The minimum Gasteiger partial charge on any atom is -0.355 e. The maximum Gasteiger partial charge on any atom is 0.265 e. The van der Waals surface area contributed by atoms with Gasteiger partial charge in [0, 0.05) is 30.6 Å². The standard InChI is InChI=1S/C31H35N3O2S/c1-23(2)33(21-26-10-5-4-6-11-26)19-9-18-32-30(35)22-34-27-12-7-8-13-28(27)37-29(31(34)36)20-25-16-14-24(3)15-17-25/h4-8,10-17,20,23H,9,18-19,21-22H2,1-3H3,(H,32,35). The molecule has 192 valence electrons. The number of benzene rings is 3. The van der Waals surface area contributed by atoms with Gasteiger partial charge in [0.05, 0.1) is 10.6 Å². The molecule has 3 aromatic rings. The molecule has 0 saturated heterocycles. The van der Waals surface area contributed by atoms with Crippen molar-refractivity contribution >= 4 is 35.3 Å². The molecule has 5 nitrogen and oxygen atoms in total. The minimum absolute atomic E-state index is 0.000442. The van der Waals surface area contributed by atoms with Crippen molar-refractivity contribution in [1.82, 2.24) is 10.2 Å². The number of hydrogen-bond acceptors (Lipinski definition) is 4. The first kappa shape index (κ1) is 26.7. The van der Waals surface area contributed by atoms with Gasteiger partial charge < -0.3 is 5.32 Å². The van der Waals surface area contributed by atoms with E-state index in [1.54, 1.807) is 4.90 Å². The number of aryl methyl sites for hydroxylation is 1. The lowest BCUT2D eigenvalue weighted by molar-refractivity contribution is -0.122. The molecule has 1 aliphatic heterocycles. The van der Waals surface area contributed by atoms with Gasteiger partial charge in [0.25, 0.3) is 5.91 Å². The monoisotopic (exact) mass is 513 g/mol. The molecule has 1 aliphatic rings. The molecule has 0 saturated carbocycles. The molecule has 0 bridgehead atoms. The van der Waals surface area contributed by atoms with Crippen LogP contribution < -0.4 is 10.2 Å². The lowest BCUT2D eigenvalue weighted by atomic mass is 10.1. The van der Waals surface area contributed by atoms with Crippen molar-refractivity contribution in [2.75, 3.05) is 24.5 Å². The second-order valence-corrected chi connectivity index (χ2v) is 10.7. The summed E-state index contributed by atoms with van der Waals surface area (Å²) in [6.07, 6.45) is 2.75. The Morgan fingerprint density at radius 3 is 2.43 bits per heavy atom. The van der Waals surface area contributed by atoms with Crippen molar-refractivity contribution < 1.29 is 9.59 Å². The summed E-state index contributed by atoms with van der Waals surface area (Å²) in [7, 11) is 0. The summed E-state index contributed by atoms with van der Waals surface area (Å²) in [4.78, 5) is 31.9. The van der Waals surface area contributed by atoms with E-state index in [1.807, 2.05) is 67.6 Å².